The van der Waals surface area contributed by atoms with Crippen LogP contribution < -0.4 is 0 Å². The topological polar surface area (TPSA) is 38.8 Å². The van der Waals surface area contributed by atoms with Crippen molar-refractivity contribution in [1.29, 1.82) is 0 Å². The van der Waals surface area contributed by atoms with Crippen molar-refractivity contribution in [1.82, 2.24) is 4.90 Å². The number of carbonyl (C=O) groups excluding carboxylic acids is 1. The average molecular weight is 253 g/mol. The number of ether oxygens (including phenoxy) is 2. The third-order valence-electron chi connectivity index (χ3n) is 3.99. The van der Waals surface area contributed by atoms with Gasteiger partial charge in [-0.15, -0.1) is 0 Å². The maximum absolute atomic E-state index is 11.3. The number of methoxy groups -OCH3 is 1. The summed E-state index contributed by atoms with van der Waals surface area (Å²) < 4.78 is 10.5. The van der Waals surface area contributed by atoms with E-state index in [9.17, 15) is 4.79 Å². The van der Waals surface area contributed by atoms with Crippen molar-refractivity contribution in [3.63, 3.8) is 0 Å². The monoisotopic (exact) mass is 253 g/mol. The van der Waals surface area contributed by atoms with Crippen molar-refractivity contribution in [2.45, 2.75) is 44.8 Å². The van der Waals surface area contributed by atoms with Crippen LogP contribution in [0.15, 0.2) is 11.6 Å². The number of carbonyl (C=O) groups is 1. The van der Waals surface area contributed by atoms with Gasteiger partial charge in [0.2, 0.25) is 0 Å². The van der Waals surface area contributed by atoms with Gasteiger partial charge in [0.25, 0.3) is 0 Å². The van der Waals surface area contributed by atoms with Crippen molar-refractivity contribution in [3.05, 3.63) is 11.6 Å². The lowest BCUT2D eigenvalue weighted by atomic mass is 9.90. The van der Waals surface area contributed by atoms with Crippen LogP contribution in [-0.4, -0.2) is 49.8 Å². The molecule has 0 N–H and O–H groups in total. The standard InChI is InChI=1S/C14H23NO3/c1-11(14(16)17-2)7-8-15-9-10-18-13-6-4-3-5-12(13)15/h7,12-13H,3-6,8-10H2,1-2H3. The predicted octanol–water partition coefficient (Wildman–Crippen LogP) is 1.75. The van der Waals surface area contributed by atoms with Crippen LogP contribution >= 0.6 is 0 Å². The van der Waals surface area contributed by atoms with Crippen molar-refractivity contribution in [3.8, 4) is 0 Å². The van der Waals surface area contributed by atoms with Crippen LogP contribution in [0, 0.1) is 0 Å². The Bertz CT molecular complexity index is 325. The molecule has 0 spiro atoms. The fourth-order valence-corrected chi connectivity index (χ4v) is 2.90. The van der Waals surface area contributed by atoms with Gasteiger partial charge in [-0.1, -0.05) is 18.9 Å². The molecule has 0 amide bonds. The van der Waals surface area contributed by atoms with E-state index in [0.29, 0.717) is 17.7 Å². The Kier molecular flexibility index (Phi) is 4.78. The number of nitrogens with zero attached hydrogens (tertiary/aromatic N) is 1. The van der Waals surface area contributed by atoms with E-state index >= 15 is 0 Å². The van der Waals surface area contributed by atoms with Crippen LogP contribution in [0.2, 0.25) is 0 Å². The van der Waals surface area contributed by atoms with Gasteiger partial charge in [-0.05, 0) is 19.8 Å². The highest BCUT2D eigenvalue weighted by atomic mass is 16.5. The highest BCUT2D eigenvalue weighted by Crippen LogP contribution is 2.28. The summed E-state index contributed by atoms with van der Waals surface area (Å²) in [4.78, 5) is 13.8. The molecule has 4 nitrogen and oxygen atoms in total. The zero-order chi connectivity index (χ0) is 13.0. The molecule has 0 radical (unpaired) electrons. The molecule has 2 atom stereocenters. The lowest BCUT2D eigenvalue weighted by Crippen LogP contribution is -2.52. The lowest BCUT2D eigenvalue weighted by molar-refractivity contribution is -0.136. The molecule has 0 aromatic rings. The number of fused-ring (bicyclic) bond motifs is 1. The molecule has 18 heavy (non-hydrogen) atoms. The van der Waals surface area contributed by atoms with Gasteiger partial charge >= 0.3 is 5.97 Å². The molecule has 2 unspecified atom stereocenters. The van der Waals surface area contributed by atoms with Gasteiger partial charge in [0.15, 0.2) is 0 Å². The Morgan fingerprint density at radius 1 is 1.44 bits per heavy atom. The number of morpholine rings is 1. The van der Waals surface area contributed by atoms with Gasteiger partial charge in [-0.2, -0.15) is 0 Å². The van der Waals surface area contributed by atoms with E-state index in [2.05, 4.69) is 4.90 Å². The van der Waals surface area contributed by atoms with Crippen LogP contribution in [0.3, 0.4) is 0 Å². The van der Waals surface area contributed by atoms with E-state index < -0.39 is 0 Å². The maximum atomic E-state index is 11.3. The molecule has 2 rings (SSSR count). The van der Waals surface area contributed by atoms with Crippen LogP contribution in [0.4, 0.5) is 0 Å². The van der Waals surface area contributed by atoms with E-state index in [4.69, 9.17) is 9.47 Å². The lowest BCUT2D eigenvalue weighted by Gasteiger charge is -2.43. The van der Waals surface area contributed by atoms with Gasteiger partial charge in [0, 0.05) is 24.7 Å². The van der Waals surface area contributed by atoms with Gasteiger partial charge in [-0.3, -0.25) is 4.90 Å². The quantitative estimate of drug-likeness (QED) is 0.567. The first-order chi connectivity index (χ1) is 8.72. The van der Waals surface area contributed by atoms with Crippen molar-refractivity contribution >= 4 is 5.97 Å². The minimum atomic E-state index is -0.233. The van der Waals surface area contributed by atoms with Gasteiger partial charge in [0.1, 0.15) is 0 Å². The van der Waals surface area contributed by atoms with E-state index in [1.165, 1.54) is 32.8 Å². The molecule has 1 saturated carbocycles. The van der Waals surface area contributed by atoms with Crippen LogP contribution in [-0.2, 0) is 14.3 Å². The Morgan fingerprint density at radius 3 is 3.00 bits per heavy atom. The first kappa shape index (κ1) is 13.6. The highest BCUT2D eigenvalue weighted by molar-refractivity contribution is 5.87. The molecule has 1 heterocycles. The SMILES string of the molecule is COC(=O)C(C)=CCN1CCOC2CCCCC21. The summed E-state index contributed by atoms with van der Waals surface area (Å²) in [5, 5.41) is 0. The minimum Gasteiger partial charge on any atom is -0.466 e. The largest absolute Gasteiger partial charge is 0.466 e. The second-order valence-electron chi connectivity index (χ2n) is 5.13. The Labute approximate surface area is 109 Å². The first-order valence-electron chi connectivity index (χ1n) is 6.83. The highest BCUT2D eigenvalue weighted by Gasteiger charge is 2.33. The molecule has 0 bridgehead atoms. The molecule has 4 heteroatoms. The van der Waals surface area contributed by atoms with Crippen LogP contribution in [0.25, 0.3) is 0 Å². The number of rotatable bonds is 3. The molecule has 102 valence electrons. The normalized spacial score (nSPS) is 29.8. The molecule has 2 fully saturated rings. The second kappa shape index (κ2) is 6.34. The van der Waals surface area contributed by atoms with E-state index in [0.717, 1.165) is 19.7 Å². The van der Waals surface area contributed by atoms with Gasteiger partial charge in [0.05, 0.1) is 19.8 Å². The molecular formula is C14H23NO3. The zero-order valence-electron chi connectivity index (χ0n) is 11.4. The Morgan fingerprint density at radius 2 is 2.22 bits per heavy atom. The molecule has 1 aliphatic carbocycles. The van der Waals surface area contributed by atoms with Crippen LogP contribution in [0.5, 0.6) is 0 Å². The summed E-state index contributed by atoms with van der Waals surface area (Å²) in [5.74, 6) is -0.233. The van der Waals surface area contributed by atoms with Gasteiger partial charge in [-0.25, -0.2) is 4.79 Å². The molecule has 2 aliphatic rings. The molecule has 1 aliphatic heterocycles. The molecular weight excluding hydrogens is 230 g/mol. The third kappa shape index (κ3) is 3.12. The number of esters is 1. The summed E-state index contributed by atoms with van der Waals surface area (Å²) >= 11 is 0. The van der Waals surface area contributed by atoms with Crippen LogP contribution in [0.1, 0.15) is 32.6 Å². The number of hydrogen-bond acceptors (Lipinski definition) is 4. The summed E-state index contributed by atoms with van der Waals surface area (Å²) in [6, 6.07) is 0.536. The Hall–Kier alpha value is -0.870. The molecule has 1 saturated heterocycles. The second-order valence-corrected chi connectivity index (χ2v) is 5.13. The first-order valence-corrected chi connectivity index (χ1v) is 6.83. The average Bonchev–Trinajstić information content (AvgIpc) is 2.43. The maximum Gasteiger partial charge on any atom is 0.333 e. The summed E-state index contributed by atoms with van der Waals surface area (Å²) in [6.07, 6.45) is 7.35. The van der Waals surface area contributed by atoms with Crippen molar-refractivity contribution in [2.24, 2.45) is 0 Å². The molecule has 0 aromatic carbocycles. The number of hydrogen-bond donors (Lipinski definition) is 0. The molecule has 0 aromatic heterocycles. The smallest absolute Gasteiger partial charge is 0.333 e. The minimum absolute atomic E-state index is 0.233. The van der Waals surface area contributed by atoms with Crippen molar-refractivity contribution in [2.75, 3.05) is 26.8 Å². The van der Waals surface area contributed by atoms with E-state index in [1.807, 2.05) is 13.0 Å². The summed E-state index contributed by atoms with van der Waals surface area (Å²) in [7, 11) is 1.42. The summed E-state index contributed by atoms with van der Waals surface area (Å²) in [6.45, 7) is 4.41. The fourth-order valence-electron chi connectivity index (χ4n) is 2.90. The van der Waals surface area contributed by atoms with Crippen molar-refractivity contribution < 1.29 is 14.3 Å². The predicted molar refractivity (Wildman–Crippen MR) is 69.3 cm³/mol. The fraction of sp³-hybridized carbons (Fsp3) is 0.786. The van der Waals surface area contributed by atoms with Gasteiger partial charge < -0.3 is 9.47 Å². The Balaban J connectivity index is 1.93. The summed E-state index contributed by atoms with van der Waals surface area (Å²) in [5.41, 5.74) is 0.691. The zero-order valence-corrected chi connectivity index (χ0v) is 11.4. The third-order valence-corrected chi connectivity index (χ3v) is 3.99. The van der Waals surface area contributed by atoms with E-state index in [-0.39, 0.29) is 5.97 Å². The van der Waals surface area contributed by atoms with E-state index in [1.54, 1.807) is 0 Å².